The molecule has 21 heteroatoms. The number of rotatable bonds is 16. The zero-order valence-electron chi connectivity index (χ0n) is 16.7. The third-order valence-electron chi connectivity index (χ3n) is 1.61. The Labute approximate surface area is 272 Å². The Hall–Kier alpha value is -1.85. The molecule has 0 aromatic heterocycles. The molecule has 0 heterocycles. The minimum Gasteiger partial charge on any atom is -0.783 e. The summed E-state index contributed by atoms with van der Waals surface area (Å²) in [5, 5.41) is 0. The molecule has 0 N–H and O–H groups in total. The SMILES string of the molecule is O=[C-]N([C-]=O)CN([C-]=O)[C-]=O.O=[C-]N([C-]=O)CN([C-]=O)[C-]=O.O=[C-]O[C-]=O.O=[C-]O[C-]=O.[Y].[Y].[Y]. The van der Waals surface area contributed by atoms with Gasteiger partial charge in [0.15, 0.2) is 0 Å². The summed E-state index contributed by atoms with van der Waals surface area (Å²) < 4.78 is 6.44. The molecule has 185 valence electrons. The van der Waals surface area contributed by atoms with Crippen molar-refractivity contribution in [3.8, 4) is 0 Å². The standard InChI is InChI=1S/2C5H2N2O4.2C2O3.3Y/c2*8-2-6(3-9)1-7(4-10)5-11;2*3-1-5-2-4;;;/h2*1H2;;;;;/q2*-4;2*-2;;;. The molecule has 0 spiro atoms. The third kappa shape index (κ3) is 42.7. The van der Waals surface area contributed by atoms with Gasteiger partial charge in [-0.2, -0.15) is 51.3 Å². The van der Waals surface area contributed by atoms with E-state index in [4.69, 9.17) is 19.2 Å². The number of ether oxygens (including phenoxy) is 2. The van der Waals surface area contributed by atoms with Crippen LogP contribution < -0.4 is 0 Å². The van der Waals surface area contributed by atoms with Gasteiger partial charge in [-0.05, 0) is 13.3 Å². The van der Waals surface area contributed by atoms with E-state index in [1.807, 2.05) is 0 Å². The first-order chi connectivity index (χ1) is 15.4. The molecule has 0 saturated carbocycles. The van der Waals surface area contributed by atoms with Crippen LogP contribution in [0, 0.1) is 0 Å². The first kappa shape index (κ1) is 50.1. The van der Waals surface area contributed by atoms with E-state index in [-0.39, 0.29) is 98.1 Å². The van der Waals surface area contributed by atoms with Gasteiger partial charge in [0.25, 0.3) is 0 Å². The number of carbonyl (C=O) groups excluding carboxylic acids is 12. The normalized spacial score (nSPS) is 6.63. The van der Waals surface area contributed by atoms with Gasteiger partial charge in [0.2, 0.25) is 0 Å². The molecule has 0 rings (SSSR count). The van der Waals surface area contributed by atoms with Gasteiger partial charge >= 0.3 is 0 Å². The van der Waals surface area contributed by atoms with Crippen molar-refractivity contribution in [1.29, 1.82) is 0 Å². The minimum absolute atomic E-state index is 0. The summed E-state index contributed by atoms with van der Waals surface area (Å²) in [6.07, 6.45) is 8.89. The number of hydrogen-bond donors (Lipinski definition) is 0. The molecular weight excluding hydrogens is 715 g/mol. The number of imide groups is 4. The molecule has 8 amide bonds. The summed E-state index contributed by atoms with van der Waals surface area (Å²) in [5.74, 6) is 0. The van der Waals surface area contributed by atoms with Crippen molar-refractivity contribution in [3.05, 3.63) is 0 Å². The van der Waals surface area contributed by atoms with Gasteiger partial charge < -0.3 is 86.6 Å². The monoisotopic (exact) mass is 719 g/mol. The summed E-state index contributed by atoms with van der Waals surface area (Å²) in [6, 6.07) is 0. The molecule has 3 radical (unpaired) electrons. The van der Waals surface area contributed by atoms with E-state index < -0.39 is 13.3 Å². The molecule has 0 bridgehead atoms. The van der Waals surface area contributed by atoms with Crippen LogP contribution in [0.15, 0.2) is 0 Å². The first-order valence-corrected chi connectivity index (χ1v) is 6.32. The van der Waals surface area contributed by atoms with Gasteiger partial charge in [-0.1, -0.05) is 0 Å². The van der Waals surface area contributed by atoms with Crippen LogP contribution in [0.25, 0.3) is 0 Å². The van der Waals surface area contributed by atoms with Crippen LogP contribution in [-0.4, -0.2) is 110 Å². The van der Waals surface area contributed by atoms with Gasteiger partial charge in [-0.25, -0.2) is 0 Å². The van der Waals surface area contributed by atoms with Crippen molar-refractivity contribution in [1.82, 2.24) is 19.6 Å². The van der Waals surface area contributed by atoms with Crippen LogP contribution in [0.2, 0.25) is 0 Å². The molecule has 0 saturated heterocycles. The summed E-state index contributed by atoms with van der Waals surface area (Å²) in [5.41, 5.74) is 0. The van der Waals surface area contributed by atoms with E-state index >= 15 is 0 Å². The summed E-state index contributed by atoms with van der Waals surface area (Å²) in [6.45, 7) is 2.24. The average Bonchev–Trinajstić information content (AvgIpc) is 2.83. The third-order valence-corrected chi connectivity index (χ3v) is 1.61. The van der Waals surface area contributed by atoms with Gasteiger partial charge in [0.1, 0.15) is 0 Å². The number of hydrogen-bond acceptors (Lipinski definition) is 14. The Morgan fingerprint density at radius 3 is 0.543 bits per heavy atom. The van der Waals surface area contributed by atoms with E-state index in [0.29, 0.717) is 19.6 Å². The smallest absolute Gasteiger partial charge is 0 e. The van der Waals surface area contributed by atoms with Crippen LogP contribution in [0.3, 0.4) is 0 Å². The van der Waals surface area contributed by atoms with Crippen molar-refractivity contribution in [3.63, 3.8) is 0 Å². The zero-order valence-corrected chi connectivity index (χ0v) is 25.2. The maximum absolute atomic E-state index is 9.76. The van der Waals surface area contributed by atoms with Crippen molar-refractivity contribution < 1.29 is 165 Å². The Balaban J connectivity index is -0.0000000616. The van der Waals surface area contributed by atoms with E-state index in [0.717, 1.165) is 77.2 Å². The molecule has 0 aromatic rings. The summed E-state index contributed by atoms with van der Waals surface area (Å²) in [4.78, 5) is 114. The Bertz CT molecular complexity index is 497. The van der Waals surface area contributed by atoms with Crippen LogP contribution >= 0.6 is 0 Å². The second kappa shape index (κ2) is 45.6. The molecule has 0 aliphatic carbocycles. The fourth-order valence-corrected chi connectivity index (χ4v) is 0.622. The Morgan fingerprint density at radius 1 is 0.343 bits per heavy atom. The molecule has 0 aliphatic rings. The number of amides is 8. The van der Waals surface area contributed by atoms with Crippen molar-refractivity contribution >= 4 is 77.2 Å². The summed E-state index contributed by atoms with van der Waals surface area (Å²) in [7, 11) is 0. The molecule has 18 nitrogen and oxygen atoms in total. The molecule has 0 atom stereocenters. The second-order valence-corrected chi connectivity index (χ2v) is 3.26. The minimum atomic E-state index is -0.569. The first-order valence-electron chi connectivity index (χ1n) is 6.32. The summed E-state index contributed by atoms with van der Waals surface area (Å²) >= 11 is 0. The molecule has 0 unspecified atom stereocenters. The average molecular weight is 719 g/mol. The molecule has 0 aromatic carbocycles. The van der Waals surface area contributed by atoms with Crippen LogP contribution in [0.5, 0.6) is 0 Å². The van der Waals surface area contributed by atoms with Gasteiger partial charge in [-0.3, -0.25) is 0 Å². The maximum atomic E-state index is 9.76. The predicted octanol–water partition coefficient (Wildman–Crippen LogP) is -6.10. The Morgan fingerprint density at radius 2 is 0.486 bits per heavy atom. The van der Waals surface area contributed by atoms with Crippen molar-refractivity contribution in [2.75, 3.05) is 13.3 Å². The fraction of sp³-hybridized carbons (Fsp3) is 0.143. The van der Waals surface area contributed by atoms with Gasteiger partial charge in [0.05, 0.1) is 0 Å². The zero-order chi connectivity index (χ0) is 25.6. The van der Waals surface area contributed by atoms with Gasteiger partial charge in [0, 0.05) is 98.1 Å². The van der Waals surface area contributed by atoms with Crippen molar-refractivity contribution in [2.45, 2.75) is 0 Å². The predicted molar refractivity (Wildman–Crippen MR) is 87.6 cm³/mol. The second-order valence-electron chi connectivity index (χ2n) is 3.26. The van der Waals surface area contributed by atoms with E-state index in [9.17, 15) is 38.4 Å². The molecule has 0 fully saturated rings. The van der Waals surface area contributed by atoms with Gasteiger partial charge in [-0.15, -0.1) is 25.9 Å². The van der Waals surface area contributed by atoms with Crippen LogP contribution in [-0.2, 0) is 165 Å². The fourth-order valence-electron chi connectivity index (χ4n) is 0.622. The topological polar surface area (TPSA) is 236 Å². The van der Waals surface area contributed by atoms with E-state index in [2.05, 4.69) is 9.47 Å². The Kier molecular flexibility index (Phi) is 65.3. The largest absolute Gasteiger partial charge is 0.783 e. The van der Waals surface area contributed by atoms with E-state index in [1.165, 1.54) is 0 Å². The molecule has 0 aliphatic heterocycles. The van der Waals surface area contributed by atoms with Crippen LogP contribution in [0.4, 0.5) is 0 Å². The molecular formula is C14H4N4O14Y3-12. The van der Waals surface area contributed by atoms with Crippen molar-refractivity contribution in [2.24, 2.45) is 0 Å². The molecule has 35 heavy (non-hydrogen) atoms. The quantitative estimate of drug-likeness (QED) is 0.0625. The maximum Gasteiger partial charge on any atom is 0 e. The number of nitrogens with zero attached hydrogens (tertiary/aromatic N) is 4. The van der Waals surface area contributed by atoms with E-state index in [1.54, 1.807) is 0 Å². The van der Waals surface area contributed by atoms with Crippen LogP contribution in [0.1, 0.15) is 0 Å².